The molecule has 0 aromatic rings. The van der Waals surface area contributed by atoms with Gasteiger partial charge >= 0.3 is 0 Å². The second kappa shape index (κ2) is 4.53. The first-order valence-electron chi connectivity index (χ1n) is 2.57. The summed E-state index contributed by atoms with van der Waals surface area (Å²) in [5.41, 5.74) is 0. The zero-order valence-corrected chi connectivity index (χ0v) is 4.92. The summed E-state index contributed by atoms with van der Waals surface area (Å²) in [4.78, 5) is 10.4. The van der Waals surface area contributed by atoms with Crippen LogP contribution in [0.5, 0.6) is 0 Å². The van der Waals surface area contributed by atoms with Crippen molar-refractivity contribution in [1.29, 1.82) is 0 Å². The number of ketones is 1. The van der Waals surface area contributed by atoms with Crippen molar-refractivity contribution < 1.29 is 9.90 Å². The summed E-state index contributed by atoms with van der Waals surface area (Å²) in [6, 6.07) is 0. The van der Waals surface area contributed by atoms with E-state index in [-0.39, 0.29) is 18.8 Å². The molecule has 0 amide bonds. The van der Waals surface area contributed by atoms with Crippen molar-refractivity contribution >= 4 is 5.78 Å². The van der Waals surface area contributed by atoms with Gasteiger partial charge in [0.2, 0.25) is 0 Å². The molecule has 0 spiro atoms. The van der Waals surface area contributed by atoms with Gasteiger partial charge < -0.3 is 5.11 Å². The fourth-order valence-corrected chi connectivity index (χ4v) is 0.379. The van der Waals surface area contributed by atoms with E-state index in [9.17, 15) is 4.79 Å². The number of carbonyl (C=O) groups excluding carboxylic acids is 1. The van der Waals surface area contributed by atoms with Crippen LogP contribution in [0.3, 0.4) is 0 Å². The highest BCUT2D eigenvalue weighted by Gasteiger charge is 1.90. The molecule has 0 aliphatic rings. The summed E-state index contributed by atoms with van der Waals surface area (Å²) in [6.07, 6.45) is 3.36. The third kappa shape index (κ3) is 3.56. The van der Waals surface area contributed by atoms with Crippen molar-refractivity contribution in [3.05, 3.63) is 12.2 Å². The van der Waals surface area contributed by atoms with Crippen molar-refractivity contribution in [2.75, 3.05) is 6.61 Å². The third-order valence-corrected chi connectivity index (χ3v) is 0.711. The predicted molar refractivity (Wildman–Crippen MR) is 31.5 cm³/mol. The van der Waals surface area contributed by atoms with Crippen molar-refractivity contribution in [2.45, 2.75) is 13.3 Å². The van der Waals surface area contributed by atoms with Gasteiger partial charge in [-0.2, -0.15) is 0 Å². The Morgan fingerprint density at radius 1 is 1.75 bits per heavy atom. The van der Waals surface area contributed by atoms with Gasteiger partial charge in [0.1, 0.15) is 0 Å². The normalized spacial score (nSPS) is 10.2. The van der Waals surface area contributed by atoms with Crippen LogP contribution in [0.25, 0.3) is 0 Å². The van der Waals surface area contributed by atoms with Crippen molar-refractivity contribution in [3.8, 4) is 0 Å². The van der Waals surface area contributed by atoms with Gasteiger partial charge in [0.25, 0.3) is 0 Å². The number of aliphatic hydroxyl groups excluding tert-OH is 1. The minimum Gasteiger partial charge on any atom is -0.396 e. The van der Waals surface area contributed by atoms with Crippen LogP contribution in [-0.2, 0) is 4.79 Å². The molecule has 46 valence electrons. The third-order valence-electron chi connectivity index (χ3n) is 0.711. The molecule has 0 heterocycles. The van der Waals surface area contributed by atoms with Gasteiger partial charge in [0.05, 0.1) is 6.61 Å². The van der Waals surface area contributed by atoms with Gasteiger partial charge in [0.15, 0.2) is 5.78 Å². The van der Waals surface area contributed by atoms with E-state index in [0.29, 0.717) is 0 Å². The van der Waals surface area contributed by atoms with Gasteiger partial charge in [-0.1, -0.05) is 6.08 Å². The minimum atomic E-state index is -0.0524. The van der Waals surface area contributed by atoms with Crippen molar-refractivity contribution in [2.24, 2.45) is 0 Å². The number of rotatable bonds is 3. The summed E-state index contributed by atoms with van der Waals surface area (Å²) in [5, 5.41) is 8.21. The first-order valence-corrected chi connectivity index (χ1v) is 2.57. The average molecular weight is 114 g/mol. The van der Waals surface area contributed by atoms with Crippen molar-refractivity contribution in [3.63, 3.8) is 0 Å². The Hall–Kier alpha value is -0.630. The summed E-state index contributed by atoms with van der Waals surface area (Å²) in [7, 11) is 0. The lowest BCUT2D eigenvalue weighted by molar-refractivity contribution is -0.115. The van der Waals surface area contributed by atoms with Gasteiger partial charge in [-0.25, -0.2) is 0 Å². The van der Waals surface area contributed by atoms with E-state index in [2.05, 4.69) is 0 Å². The maximum atomic E-state index is 10.4. The van der Waals surface area contributed by atoms with Crippen LogP contribution in [0.1, 0.15) is 13.3 Å². The topological polar surface area (TPSA) is 37.3 Å². The van der Waals surface area contributed by atoms with E-state index in [1.54, 1.807) is 13.0 Å². The van der Waals surface area contributed by atoms with E-state index in [1.807, 2.05) is 0 Å². The SMILES string of the molecule is CC=CC(=O)CCO. The van der Waals surface area contributed by atoms with Gasteiger partial charge in [-0.05, 0) is 13.0 Å². The molecule has 0 atom stereocenters. The molecule has 0 rings (SSSR count). The highest BCUT2D eigenvalue weighted by Crippen LogP contribution is 1.81. The van der Waals surface area contributed by atoms with Crippen LogP contribution in [0.2, 0.25) is 0 Å². The number of aliphatic hydroxyl groups is 1. The quantitative estimate of drug-likeness (QED) is 0.543. The Morgan fingerprint density at radius 3 is 2.75 bits per heavy atom. The van der Waals surface area contributed by atoms with E-state index in [1.165, 1.54) is 6.08 Å². The molecular weight excluding hydrogens is 104 g/mol. The zero-order chi connectivity index (χ0) is 6.41. The molecule has 2 heteroatoms. The van der Waals surface area contributed by atoms with Crippen LogP contribution in [0, 0.1) is 0 Å². The number of allylic oxidation sites excluding steroid dienone is 2. The summed E-state index contributed by atoms with van der Waals surface area (Å²) >= 11 is 0. The molecule has 0 aliphatic carbocycles. The molecule has 8 heavy (non-hydrogen) atoms. The predicted octanol–water partition coefficient (Wildman–Crippen LogP) is 0.514. The van der Waals surface area contributed by atoms with E-state index in [4.69, 9.17) is 5.11 Å². The van der Waals surface area contributed by atoms with Crippen LogP contribution in [-0.4, -0.2) is 17.5 Å². The van der Waals surface area contributed by atoms with Crippen LogP contribution < -0.4 is 0 Å². The van der Waals surface area contributed by atoms with E-state index >= 15 is 0 Å². The highest BCUT2D eigenvalue weighted by atomic mass is 16.3. The van der Waals surface area contributed by atoms with Gasteiger partial charge in [0, 0.05) is 6.42 Å². The Balaban J connectivity index is 3.33. The summed E-state index contributed by atoms with van der Waals surface area (Å²) in [5.74, 6) is -0.0185. The van der Waals surface area contributed by atoms with E-state index in [0.717, 1.165) is 0 Å². The highest BCUT2D eigenvalue weighted by molar-refractivity contribution is 5.89. The van der Waals surface area contributed by atoms with E-state index < -0.39 is 0 Å². The largest absolute Gasteiger partial charge is 0.396 e. The number of carbonyl (C=O) groups is 1. The lowest BCUT2D eigenvalue weighted by Gasteiger charge is -1.84. The fraction of sp³-hybridized carbons (Fsp3) is 0.500. The molecular formula is C6H10O2. The van der Waals surface area contributed by atoms with Crippen LogP contribution in [0.15, 0.2) is 12.2 Å². The van der Waals surface area contributed by atoms with Gasteiger partial charge in [-0.15, -0.1) is 0 Å². The second-order valence-corrected chi connectivity index (χ2v) is 1.44. The lowest BCUT2D eigenvalue weighted by atomic mass is 10.3. The lowest BCUT2D eigenvalue weighted by Crippen LogP contribution is -1.94. The van der Waals surface area contributed by atoms with Gasteiger partial charge in [-0.3, -0.25) is 4.79 Å². The molecule has 0 aromatic carbocycles. The molecule has 0 aliphatic heterocycles. The Bertz CT molecular complexity index is 94.7. The molecule has 1 N–H and O–H groups in total. The molecule has 0 saturated carbocycles. The maximum absolute atomic E-state index is 10.4. The van der Waals surface area contributed by atoms with Crippen LogP contribution >= 0.6 is 0 Å². The average Bonchev–Trinajstić information content (AvgIpc) is 1.68. The molecule has 0 saturated heterocycles. The molecule has 0 fully saturated rings. The monoisotopic (exact) mass is 114 g/mol. The Labute approximate surface area is 48.8 Å². The first kappa shape index (κ1) is 7.37. The minimum absolute atomic E-state index is 0.0185. The molecule has 0 aromatic heterocycles. The zero-order valence-electron chi connectivity index (χ0n) is 4.92. The fourth-order valence-electron chi connectivity index (χ4n) is 0.379. The Kier molecular flexibility index (Phi) is 4.17. The Morgan fingerprint density at radius 2 is 2.38 bits per heavy atom. The van der Waals surface area contributed by atoms with Crippen molar-refractivity contribution in [1.82, 2.24) is 0 Å². The summed E-state index contributed by atoms with van der Waals surface area (Å²) in [6.45, 7) is 1.72. The number of hydrogen-bond acceptors (Lipinski definition) is 2. The molecule has 2 nitrogen and oxygen atoms in total. The standard InChI is InChI=1S/C6H10O2/c1-2-3-6(8)4-5-7/h2-3,7H,4-5H2,1H3. The smallest absolute Gasteiger partial charge is 0.157 e. The number of hydrogen-bond donors (Lipinski definition) is 1. The molecule has 0 unspecified atom stereocenters. The molecule has 0 bridgehead atoms. The first-order chi connectivity index (χ1) is 3.81. The summed E-state index contributed by atoms with van der Waals surface area (Å²) < 4.78 is 0. The van der Waals surface area contributed by atoms with Crippen LogP contribution in [0.4, 0.5) is 0 Å². The second-order valence-electron chi connectivity index (χ2n) is 1.44. The molecule has 0 radical (unpaired) electrons. The maximum Gasteiger partial charge on any atom is 0.157 e.